The summed E-state index contributed by atoms with van der Waals surface area (Å²) in [6.07, 6.45) is 1.86. The first-order valence-electron chi connectivity index (χ1n) is 7.32. The predicted octanol–water partition coefficient (Wildman–Crippen LogP) is 3.29. The van der Waals surface area contributed by atoms with Gasteiger partial charge in [-0.15, -0.1) is 0 Å². The number of hydrogen-bond donors (Lipinski definition) is 1. The minimum atomic E-state index is -3.44. The lowest BCUT2D eigenvalue weighted by Crippen LogP contribution is -2.32. The summed E-state index contributed by atoms with van der Waals surface area (Å²) >= 11 is 3.47. The van der Waals surface area contributed by atoms with Crippen molar-refractivity contribution >= 4 is 26.0 Å². The lowest BCUT2D eigenvalue weighted by molar-refractivity contribution is 0.418. The van der Waals surface area contributed by atoms with E-state index in [9.17, 15) is 8.42 Å². The zero-order chi connectivity index (χ0) is 16.0. The highest BCUT2D eigenvalue weighted by Crippen LogP contribution is 2.28. The van der Waals surface area contributed by atoms with Crippen molar-refractivity contribution in [1.82, 2.24) is 9.62 Å². The van der Waals surface area contributed by atoms with E-state index in [-0.39, 0.29) is 0 Å². The van der Waals surface area contributed by atoms with Gasteiger partial charge in [0, 0.05) is 24.1 Å². The van der Waals surface area contributed by atoms with Crippen LogP contribution in [0.2, 0.25) is 0 Å². The monoisotopic (exact) mass is 376 g/mol. The Morgan fingerprint density at radius 1 is 1.29 bits per heavy atom. The number of unbranched alkanes of at least 4 members (excludes halogenated alkanes) is 1. The summed E-state index contributed by atoms with van der Waals surface area (Å²) in [6, 6.07) is 3.74. The highest BCUT2D eigenvalue weighted by Gasteiger charge is 2.25. The molecule has 21 heavy (non-hydrogen) atoms. The molecule has 0 saturated heterocycles. The Bertz CT molecular complexity index is 573. The molecule has 0 saturated carbocycles. The smallest absolute Gasteiger partial charge is 0.243 e. The largest absolute Gasteiger partial charge is 0.316 e. The summed E-state index contributed by atoms with van der Waals surface area (Å²) < 4.78 is 28.2. The van der Waals surface area contributed by atoms with Crippen LogP contribution >= 0.6 is 15.9 Å². The Hall–Kier alpha value is -0.430. The molecule has 0 amide bonds. The van der Waals surface area contributed by atoms with Crippen LogP contribution in [0.5, 0.6) is 0 Å². The van der Waals surface area contributed by atoms with E-state index < -0.39 is 10.0 Å². The van der Waals surface area contributed by atoms with E-state index in [1.54, 1.807) is 10.4 Å². The van der Waals surface area contributed by atoms with Crippen LogP contribution < -0.4 is 5.32 Å². The fourth-order valence-electron chi connectivity index (χ4n) is 2.20. The molecule has 0 heterocycles. The summed E-state index contributed by atoms with van der Waals surface area (Å²) in [7, 11) is -1.59. The van der Waals surface area contributed by atoms with E-state index in [1.807, 2.05) is 27.0 Å². The van der Waals surface area contributed by atoms with E-state index in [0.29, 0.717) is 24.5 Å². The molecule has 1 aromatic carbocycles. The Balaban J connectivity index is 3.28. The number of benzene rings is 1. The molecule has 4 nitrogen and oxygen atoms in total. The first-order chi connectivity index (χ1) is 9.88. The van der Waals surface area contributed by atoms with E-state index in [1.165, 1.54) is 0 Å². The molecule has 0 atom stereocenters. The highest BCUT2D eigenvalue weighted by atomic mass is 79.9. The van der Waals surface area contributed by atoms with Gasteiger partial charge in [-0.2, -0.15) is 4.31 Å². The fraction of sp³-hybridized carbons (Fsp3) is 0.600. The van der Waals surface area contributed by atoms with Crippen LogP contribution in [-0.2, 0) is 16.6 Å². The van der Waals surface area contributed by atoms with Gasteiger partial charge in [0.1, 0.15) is 0 Å². The van der Waals surface area contributed by atoms with Crippen molar-refractivity contribution in [2.24, 2.45) is 0 Å². The van der Waals surface area contributed by atoms with E-state index in [4.69, 9.17) is 0 Å². The average Bonchev–Trinajstić information content (AvgIpc) is 2.43. The fourth-order valence-corrected chi connectivity index (χ4v) is 4.63. The molecule has 1 aromatic rings. The van der Waals surface area contributed by atoms with Gasteiger partial charge in [0.15, 0.2) is 0 Å². The maximum atomic E-state index is 12.9. The van der Waals surface area contributed by atoms with Crippen molar-refractivity contribution in [2.45, 2.75) is 45.1 Å². The van der Waals surface area contributed by atoms with Crippen LogP contribution in [0.4, 0.5) is 0 Å². The molecule has 0 aliphatic heterocycles. The van der Waals surface area contributed by atoms with Gasteiger partial charge in [-0.05, 0) is 43.7 Å². The lowest BCUT2D eigenvalue weighted by Gasteiger charge is -2.22. The Morgan fingerprint density at radius 3 is 2.48 bits per heavy atom. The van der Waals surface area contributed by atoms with E-state index in [2.05, 4.69) is 28.2 Å². The summed E-state index contributed by atoms with van der Waals surface area (Å²) in [5, 5.41) is 3.06. The quantitative estimate of drug-likeness (QED) is 0.756. The number of nitrogens with zero attached hydrogens (tertiary/aromatic N) is 1. The lowest BCUT2D eigenvalue weighted by atomic mass is 10.1. The van der Waals surface area contributed by atoms with Crippen molar-refractivity contribution in [2.75, 3.05) is 20.1 Å². The maximum absolute atomic E-state index is 12.9. The van der Waals surface area contributed by atoms with E-state index in [0.717, 1.165) is 28.4 Å². The highest BCUT2D eigenvalue weighted by molar-refractivity contribution is 9.10. The first-order valence-corrected chi connectivity index (χ1v) is 9.55. The molecular formula is C15H25BrN2O2S. The summed E-state index contributed by atoms with van der Waals surface area (Å²) in [5.74, 6) is 0. The van der Waals surface area contributed by atoms with Crippen molar-refractivity contribution in [3.63, 3.8) is 0 Å². The first kappa shape index (κ1) is 18.6. The van der Waals surface area contributed by atoms with Crippen molar-refractivity contribution in [3.8, 4) is 0 Å². The molecular weight excluding hydrogens is 352 g/mol. The molecule has 0 bridgehead atoms. The Morgan fingerprint density at radius 2 is 1.95 bits per heavy atom. The van der Waals surface area contributed by atoms with Gasteiger partial charge < -0.3 is 5.32 Å². The molecule has 0 radical (unpaired) electrons. The van der Waals surface area contributed by atoms with Gasteiger partial charge in [0.2, 0.25) is 10.0 Å². The molecule has 0 aliphatic rings. The third-order valence-corrected chi connectivity index (χ3v) is 6.39. The molecule has 0 aliphatic carbocycles. The second-order valence-corrected chi connectivity index (χ2v) is 7.84. The molecule has 1 rings (SSSR count). The minimum absolute atomic E-state index is 0.403. The second-order valence-electron chi connectivity index (χ2n) is 5.08. The number of halogens is 1. The van der Waals surface area contributed by atoms with Gasteiger partial charge in [-0.3, -0.25) is 0 Å². The minimum Gasteiger partial charge on any atom is -0.316 e. The molecule has 120 valence electrons. The van der Waals surface area contributed by atoms with Crippen LogP contribution in [0, 0.1) is 6.92 Å². The van der Waals surface area contributed by atoms with Crippen molar-refractivity contribution < 1.29 is 8.42 Å². The normalized spacial score (nSPS) is 12.1. The van der Waals surface area contributed by atoms with Crippen LogP contribution in [0.15, 0.2) is 21.5 Å². The van der Waals surface area contributed by atoms with Crippen molar-refractivity contribution in [3.05, 3.63) is 27.7 Å². The van der Waals surface area contributed by atoms with Gasteiger partial charge in [0.05, 0.1) is 4.90 Å². The second kappa shape index (κ2) is 8.27. The van der Waals surface area contributed by atoms with Gasteiger partial charge in [-0.1, -0.05) is 36.2 Å². The SMILES string of the molecule is CCCCN(CC)S(=O)(=O)c1cc(CNC)cc(Br)c1C. The Labute approximate surface area is 137 Å². The summed E-state index contributed by atoms with van der Waals surface area (Å²) in [6.45, 7) is 7.50. The predicted molar refractivity (Wildman–Crippen MR) is 91.0 cm³/mol. The summed E-state index contributed by atoms with van der Waals surface area (Å²) in [4.78, 5) is 0.403. The standard InChI is InChI=1S/C15H25BrN2O2S/c1-5-7-8-18(6-2)21(19,20)15-10-13(11-17-4)9-14(16)12(15)3/h9-10,17H,5-8,11H2,1-4H3. The van der Waals surface area contributed by atoms with Gasteiger partial charge in [-0.25, -0.2) is 8.42 Å². The number of sulfonamides is 1. The van der Waals surface area contributed by atoms with Gasteiger partial charge >= 0.3 is 0 Å². The molecule has 1 N–H and O–H groups in total. The Kier molecular flexibility index (Phi) is 7.33. The zero-order valence-corrected chi connectivity index (χ0v) is 15.6. The number of nitrogens with one attached hydrogen (secondary N) is 1. The van der Waals surface area contributed by atoms with E-state index >= 15 is 0 Å². The maximum Gasteiger partial charge on any atom is 0.243 e. The van der Waals surface area contributed by atoms with Crippen LogP contribution in [0.25, 0.3) is 0 Å². The topological polar surface area (TPSA) is 49.4 Å². The third kappa shape index (κ3) is 4.52. The van der Waals surface area contributed by atoms with Gasteiger partial charge in [0.25, 0.3) is 0 Å². The zero-order valence-electron chi connectivity index (χ0n) is 13.2. The molecule has 0 unspecified atom stereocenters. The van der Waals surface area contributed by atoms with Crippen LogP contribution in [0.3, 0.4) is 0 Å². The van der Waals surface area contributed by atoms with Crippen molar-refractivity contribution in [1.29, 1.82) is 0 Å². The molecule has 6 heteroatoms. The van der Waals surface area contributed by atoms with Crippen LogP contribution in [0.1, 0.15) is 37.8 Å². The molecule has 0 aromatic heterocycles. The molecule has 0 spiro atoms. The average molecular weight is 377 g/mol. The third-order valence-electron chi connectivity index (χ3n) is 3.47. The summed E-state index contributed by atoms with van der Waals surface area (Å²) in [5.41, 5.74) is 1.73. The number of hydrogen-bond acceptors (Lipinski definition) is 3. The molecule has 0 fully saturated rings. The van der Waals surface area contributed by atoms with Crippen LogP contribution in [-0.4, -0.2) is 32.9 Å². The number of rotatable bonds is 8.